The SMILES string of the molecule is [2H]CC(C)CSSC(C)CCC(=O)NC.[2H]CCCSSC(C)CCC(=O)NC.[2H]CCSSCCC(=O)NC. The Labute approximate surface area is 256 Å². The van der Waals surface area contributed by atoms with E-state index < -0.39 is 0 Å². The quantitative estimate of drug-likeness (QED) is 0.101. The lowest BCUT2D eigenvalue weighted by atomic mass is 10.2. The molecule has 0 aliphatic carbocycles. The van der Waals surface area contributed by atoms with E-state index in [9.17, 15) is 14.4 Å². The minimum atomic E-state index is 0.0870. The van der Waals surface area contributed by atoms with E-state index in [2.05, 4.69) is 36.7 Å². The first-order valence-electron chi connectivity index (χ1n) is 14.5. The van der Waals surface area contributed by atoms with Crippen molar-refractivity contribution in [1.82, 2.24) is 16.0 Å². The van der Waals surface area contributed by atoms with Crippen molar-refractivity contribution >= 4 is 82.5 Å². The zero-order valence-electron chi connectivity index (χ0n) is 26.6. The Morgan fingerprint density at radius 1 is 0.703 bits per heavy atom. The van der Waals surface area contributed by atoms with Crippen LogP contribution in [0.3, 0.4) is 0 Å². The summed E-state index contributed by atoms with van der Waals surface area (Å²) in [6.07, 6.45) is 4.61. The number of amides is 3. The molecule has 3 unspecified atom stereocenters. The van der Waals surface area contributed by atoms with Gasteiger partial charge in [-0.1, -0.05) is 106 Å². The molecule has 0 aliphatic rings. The van der Waals surface area contributed by atoms with Crippen LogP contribution in [0, 0.1) is 5.92 Å². The topological polar surface area (TPSA) is 87.3 Å². The van der Waals surface area contributed by atoms with Crippen molar-refractivity contribution in [3.8, 4) is 0 Å². The van der Waals surface area contributed by atoms with Crippen LogP contribution >= 0.6 is 64.8 Å². The number of rotatable bonds is 19. The predicted molar refractivity (Wildman–Crippen MR) is 180 cm³/mol. The summed E-state index contributed by atoms with van der Waals surface area (Å²) in [7, 11) is 15.6. The highest BCUT2D eigenvalue weighted by atomic mass is 33.1. The van der Waals surface area contributed by atoms with Crippen LogP contribution in [0.2, 0.25) is 0 Å². The lowest BCUT2D eigenvalue weighted by molar-refractivity contribution is -0.121. The molecule has 0 saturated carbocycles. The van der Waals surface area contributed by atoms with Gasteiger partial charge in [0.15, 0.2) is 0 Å². The summed E-state index contributed by atoms with van der Waals surface area (Å²) >= 11 is 0. The Balaban J connectivity index is -0.000000520. The Hall–Kier alpha value is 0.510. The van der Waals surface area contributed by atoms with Gasteiger partial charge in [0.2, 0.25) is 17.7 Å². The van der Waals surface area contributed by atoms with Gasteiger partial charge < -0.3 is 16.0 Å². The molecule has 0 aromatic rings. The summed E-state index contributed by atoms with van der Waals surface area (Å²) in [5.41, 5.74) is 0. The van der Waals surface area contributed by atoms with Crippen molar-refractivity contribution in [2.45, 2.75) is 90.5 Å². The van der Waals surface area contributed by atoms with E-state index in [1.807, 2.05) is 43.2 Å². The first kappa shape index (κ1) is 35.5. The smallest absolute Gasteiger partial charge is 0.220 e. The highest BCUT2D eigenvalue weighted by molar-refractivity contribution is 8.77. The molecule has 3 atom stereocenters. The fraction of sp³-hybridized carbons (Fsp3) is 0.880. The minimum Gasteiger partial charge on any atom is -0.359 e. The van der Waals surface area contributed by atoms with E-state index in [1.165, 1.54) is 0 Å². The van der Waals surface area contributed by atoms with E-state index in [0.29, 0.717) is 56.4 Å². The van der Waals surface area contributed by atoms with E-state index in [0.717, 1.165) is 42.3 Å². The fourth-order valence-electron chi connectivity index (χ4n) is 1.89. The Bertz CT molecular complexity index is 605. The molecule has 3 amide bonds. The van der Waals surface area contributed by atoms with Crippen LogP contribution in [0.1, 0.15) is 84.1 Å². The van der Waals surface area contributed by atoms with Crippen molar-refractivity contribution in [2.24, 2.45) is 5.92 Å². The van der Waals surface area contributed by atoms with Crippen LogP contribution in [0.4, 0.5) is 0 Å². The number of hydrogen-bond acceptors (Lipinski definition) is 9. The highest BCUT2D eigenvalue weighted by Gasteiger charge is 2.07. The molecule has 0 rings (SSSR count). The molecule has 12 heteroatoms. The van der Waals surface area contributed by atoms with Gasteiger partial charge in [-0.15, -0.1) is 0 Å². The molecule has 6 nitrogen and oxygen atoms in total. The van der Waals surface area contributed by atoms with Gasteiger partial charge in [-0.2, -0.15) is 0 Å². The average molecular weight is 639 g/mol. The van der Waals surface area contributed by atoms with Gasteiger partial charge >= 0.3 is 0 Å². The van der Waals surface area contributed by atoms with E-state index in [1.54, 1.807) is 42.7 Å². The zero-order valence-corrected chi connectivity index (χ0v) is 28.5. The van der Waals surface area contributed by atoms with Crippen molar-refractivity contribution in [3.05, 3.63) is 0 Å². The Morgan fingerprint density at radius 2 is 1.24 bits per heavy atom. The minimum absolute atomic E-state index is 0.0870. The molecule has 0 spiro atoms. The molecule has 0 radical (unpaired) electrons. The van der Waals surface area contributed by atoms with Crippen LogP contribution in [-0.4, -0.2) is 72.4 Å². The highest BCUT2D eigenvalue weighted by Crippen LogP contribution is 2.31. The summed E-state index contributed by atoms with van der Waals surface area (Å²) in [6, 6.07) is 0. The second-order valence-corrected chi connectivity index (χ2v) is 16.3. The number of carbonyl (C=O) groups is 3. The monoisotopic (exact) mass is 638 g/mol. The third kappa shape index (κ3) is 38.7. The number of carbonyl (C=O) groups excluding carboxylic acids is 3. The maximum absolute atomic E-state index is 11.0. The van der Waals surface area contributed by atoms with Crippen molar-refractivity contribution in [3.63, 3.8) is 0 Å². The Kier molecular flexibility index (Phi) is 31.4. The summed E-state index contributed by atoms with van der Waals surface area (Å²) in [6.45, 7) is 7.85. The van der Waals surface area contributed by atoms with Gasteiger partial charge in [0.25, 0.3) is 0 Å². The van der Waals surface area contributed by atoms with Crippen molar-refractivity contribution in [2.75, 3.05) is 44.2 Å². The van der Waals surface area contributed by atoms with Crippen LogP contribution in [-0.2, 0) is 14.4 Å². The largest absolute Gasteiger partial charge is 0.359 e. The molecule has 3 N–H and O–H groups in total. The lowest BCUT2D eigenvalue weighted by Crippen LogP contribution is -2.18. The summed E-state index contributed by atoms with van der Waals surface area (Å²) in [5, 5.41) is 8.82. The number of hydrogen-bond donors (Lipinski definition) is 3. The molecule has 0 fully saturated rings. The van der Waals surface area contributed by atoms with Gasteiger partial charge in [-0.05, 0) is 25.2 Å². The molecule has 222 valence electrons. The van der Waals surface area contributed by atoms with Crippen LogP contribution in [0.5, 0.6) is 0 Å². The maximum Gasteiger partial charge on any atom is 0.220 e. The van der Waals surface area contributed by atoms with Gasteiger partial charge in [-0.25, -0.2) is 0 Å². The molecule has 0 bridgehead atoms. The summed E-state index contributed by atoms with van der Waals surface area (Å²) in [5.74, 6) is 4.54. The van der Waals surface area contributed by atoms with Gasteiger partial charge in [0.05, 0.1) is 0 Å². The normalized spacial score (nSPS) is 13.6. The molecule has 0 saturated heterocycles. The van der Waals surface area contributed by atoms with Crippen LogP contribution in [0.15, 0.2) is 0 Å². The predicted octanol–water partition coefficient (Wildman–Crippen LogP) is 7.15. The third-order valence-corrected chi connectivity index (χ3v) is 12.5. The molecule has 0 heterocycles. The van der Waals surface area contributed by atoms with E-state index in [-0.39, 0.29) is 17.7 Å². The second-order valence-electron chi connectivity index (χ2n) is 7.87. The maximum atomic E-state index is 11.0. The van der Waals surface area contributed by atoms with Gasteiger partial charge in [0.1, 0.15) is 0 Å². The number of nitrogens with one attached hydrogen (secondary N) is 3. The lowest BCUT2D eigenvalue weighted by Gasteiger charge is -2.10. The van der Waals surface area contributed by atoms with Crippen molar-refractivity contribution in [1.29, 1.82) is 0 Å². The van der Waals surface area contributed by atoms with Crippen molar-refractivity contribution < 1.29 is 18.5 Å². The first-order valence-corrected chi connectivity index (χ1v) is 19.7. The van der Waals surface area contributed by atoms with Crippen LogP contribution in [0.25, 0.3) is 0 Å². The molecule has 0 aliphatic heterocycles. The first-order chi connectivity index (χ1) is 19.1. The molecule has 0 aromatic carbocycles. The van der Waals surface area contributed by atoms with E-state index >= 15 is 0 Å². The Morgan fingerprint density at radius 3 is 1.73 bits per heavy atom. The average Bonchev–Trinajstić information content (AvgIpc) is 2.96. The molecule has 37 heavy (non-hydrogen) atoms. The molecular weight excluding hydrogens is 583 g/mol. The fourth-order valence-corrected chi connectivity index (χ4v) is 8.31. The third-order valence-electron chi connectivity index (χ3n) is 4.02. The molecule has 0 aromatic heterocycles. The summed E-state index contributed by atoms with van der Waals surface area (Å²) in [4.78, 5) is 32.6. The second kappa shape index (κ2) is 32.7. The van der Waals surface area contributed by atoms with Gasteiger partial charge in [0, 0.05) is 78.0 Å². The zero-order chi connectivity index (χ0) is 31.0. The van der Waals surface area contributed by atoms with Crippen LogP contribution < -0.4 is 16.0 Å². The van der Waals surface area contributed by atoms with Gasteiger partial charge in [-0.3, -0.25) is 14.4 Å². The van der Waals surface area contributed by atoms with E-state index in [4.69, 9.17) is 4.11 Å². The standard InChI is InChI=1S/C10H21NOS2.C9H19NOS2.C6H13NOS2/c1-8(2)7-13-14-9(3)5-6-10(12)11-4;1-4-7-12-13-8(2)5-6-9(11)10-3;1-3-9-10-5-4-6(8)7-2/h8-9H,5-7H2,1-4H3,(H,11,12);8H,4-7H2,1-3H3,(H,10,11);3-5H2,1-2H3,(H,7,8)/i3*1D. The molecular formula is C25H53N3O3S6. The summed E-state index contributed by atoms with van der Waals surface area (Å²) < 4.78 is 21.0.